The third-order valence-electron chi connectivity index (χ3n) is 5.30. The van der Waals surface area contributed by atoms with E-state index in [2.05, 4.69) is 102 Å². The summed E-state index contributed by atoms with van der Waals surface area (Å²) >= 11 is 0.379. The van der Waals surface area contributed by atoms with Crippen LogP contribution in [-0.2, 0) is 13.6 Å². The van der Waals surface area contributed by atoms with Crippen LogP contribution in [0, 0.1) is 0 Å². The molecule has 140 valence electrons. The minimum absolute atomic E-state index is 0. The third-order valence-corrected chi connectivity index (χ3v) is 7.79. The van der Waals surface area contributed by atoms with Crippen molar-refractivity contribution in [3.05, 3.63) is 76.9 Å². The molecule has 0 N–H and O–H groups in total. The molecule has 4 heteroatoms. The first-order valence-electron chi connectivity index (χ1n) is 9.33. The maximum atomic E-state index is 2.40. The van der Waals surface area contributed by atoms with Crippen molar-refractivity contribution in [2.24, 2.45) is 7.05 Å². The fourth-order valence-corrected chi connectivity index (χ4v) is 6.16. The molecule has 0 aliphatic heterocycles. The summed E-state index contributed by atoms with van der Waals surface area (Å²) in [5.74, 6) is 0. The molecule has 0 unspecified atom stereocenters. The Morgan fingerprint density at radius 1 is 0.893 bits per heavy atom. The van der Waals surface area contributed by atoms with Crippen LogP contribution in [-0.4, -0.2) is 19.1 Å². The van der Waals surface area contributed by atoms with Crippen molar-refractivity contribution in [3.63, 3.8) is 0 Å². The van der Waals surface area contributed by atoms with Gasteiger partial charge in [0.1, 0.15) is 0 Å². The number of aromatic nitrogens is 2. The van der Waals surface area contributed by atoms with Gasteiger partial charge in [-0.2, -0.15) is 0 Å². The maximum Gasteiger partial charge on any atom is -1.00 e. The summed E-state index contributed by atoms with van der Waals surface area (Å²) < 4.78 is 7.60. The number of benzene rings is 3. The number of para-hydroxylation sites is 2. The predicted octanol–water partition coefficient (Wildman–Crippen LogP) is 2.02. The van der Waals surface area contributed by atoms with Crippen LogP contribution in [0.4, 0.5) is 0 Å². The topological polar surface area (TPSA) is 8.81 Å². The molecule has 0 bridgehead atoms. The summed E-state index contributed by atoms with van der Waals surface area (Å²) in [6, 6.07) is 24.3. The van der Waals surface area contributed by atoms with Crippen molar-refractivity contribution < 1.29 is 28.5 Å². The van der Waals surface area contributed by atoms with Crippen LogP contribution in [0.3, 0.4) is 0 Å². The van der Waals surface area contributed by atoms with Gasteiger partial charge in [0.2, 0.25) is 0 Å². The van der Waals surface area contributed by atoms with Crippen molar-refractivity contribution in [2.75, 3.05) is 0 Å². The molecule has 0 spiro atoms. The van der Waals surface area contributed by atoms with Gasteiger partial charge >= 0.3 is 165 Å². The number of halogens is 1. The molecule has 3 aromatic carbocycles. The minimum atomic E-state index is 0. The van der Waals surface area contributed by atoms with Crippen molar-refractivity contribution in [1.82, 2.24) is 4.57 Å². The maximum absolute atomic E-state index is 2.40. The fourth-order valence-electron chi connectivity index (χ4n) is 3.95. The quantitative estimate of drug-likeness (QED) is 0.187. The zero-order chi connectivity index (χ0) is 18.4. The smallest absolute Gasteiger partial charge is 1.00 e. The van der Waals surface area contributed by atoms with Crippen LogP contribution < -0.4 is 28.5 Å². The molecular weight excluding hydrogens is 522 g/mol. The summed E-state index contributed by atoms with van der Waals surface area (Å²) in [7, 11) is 2.17. The summed E-state index contributed by atoms with van der Waals surface area (Å²) in [6.07, 6.45) is 4.55. The molecule has 0 fully saturated rings. The van der Waals surface area contributed by atoms with E-state index in [4.69, 9.17) is 0 Å². The summed E-state index contributed by atoms with van der Waals surface area (Å²) in [5.41, 5.74) is 5.24. The minimum Gasteiger partial charge on any atom is -1.00 e. The van der Waals surface area contributed by atoms with E-state index >= 15 is 0 Å². The van der Waals surface area contributed by atoms with Crippen LogP contribution in [0.5, 0.6) is 0 Å². The Morgan fingerprint density at radius 2 is 1.64 bits per heavy atom. The number of fused-ring (bicyclic) bond motifs is 4. The van der Waals surface area contributed by atoms with Crippen LogP contribution in [0.2, 0.25) is 0 Å². The van der Waals surface area contributed by atoms with Gasteiger partial charge in [0.05, 0.1) is 0 Å². The van der Waals surface area contributed by atoms with Crippen LogP contribution in [0.25, 0.3) is 43.7 Å². The predicted molar refractivity (Wildman–Crippen MR) is 116 cm³/mol. The number of nitrogens with zero attached hydrogens (tertiary/aromatic N) is 2. The van der Waals surface area contributed by atoms with E-state index in [9.17, 15) is 0 Å². The van der Waals surface area contributed by atoms with E-state index < -0.39 is 0 Å². The number of hydrogen-bond donors (Lipinski definition) is 0. The van der Waals surface area contributed by atoms with Crippen LogP contribution in [0.1, 0.15) is 17.1 Å². The second kappa shape index (κ2) is 7.86. The van der Waals surface area contributed by atoms with Gasteiger partial charge in [-0.25, -0.2) is 0 Å². The van der Waals surface area contributed by atoms with E-state index in [-0.39, 0.29) is 24.0 Å². The molecule has 2 aromatic heterocycles. The second-order valence-electron chi connectivity index (χ2n) is 6.84. The van der Waals surface area contributed by atoms with Crippen molar-refractivity contribution in [1.29, 1.82) is 0 Å². The van der Waals surface area contributed by atoms with Gasteiger partial charge in [-0.05, 0) is 0 Å². The van der Waals surface area contributed by atoms with Crippen molar-refractivity contribution in [3.8, 4) is 0 Å². The Bertz CT molecular complexity index is 1330. The Hall–Kier alpha value is -1.88. The van der Waals surface area contributed by atoms with Crippen LogP contribution >= 0.6 is 0 Å². The van der Waals surface area contributed by atoms with Crippen molar-refractivity contribution in [2.45, 2.75) is 13.5 Å². The second-order valence-corrected chi connectivity index (χ2v) is 9.07. The molecule has 0 aliphatic carbocycles. The average Bonchev–Trinajstić information content (AvgIpc) is 3.21. The Morgan fingerprint density at radius 3 is 2.46 bits per heavy atom. The van der Waals surface area contributed by atoms with E-state index in [1.54, 1.807) is 0 Å². The van der Waals surface area contributed by atoms with Gasteiger partial charge in [-0.3, -0.25) is 0 Å². The molecule has 0 saturated carbocycles. The molecule has 2 nitrogen and oxygen atoms in total. The molecule has 0 aliphatic rings. The molecule has 0 atom stereocenters. The SMILES string of the molecule is CCn1c2ccccc2c2cc(/C=C/c3[se]c4ccccc4[n+]3C)ccc21.[I-]. The number of rotatable bonds is 3. The zero-order valence-corrected chi connectivity index (χ0v) is 19.8. The molecule has 2 heterocycles. The summed E-state index contributed by atoms with van der Waals surface area (Å²) in [6.45, 7) is 3.20. The molecule has 28 heavy (non-hydrogen) atoms. The first-order valence-corrected chi connectivity index (χ1v) is 11.0. The number of hydrogen-bond acceptors (Lipinski definition) is 0. The van der Waals surface area contributed by atoms with Gasteiger partial charge in [0.15, 0.2) is 0 Å². The average molecular weight is 543 g/mol. The van der Waals surface area contributed by atoms with Crippen LogP contribution in [0.15, 0.2) is 66.7 Å². The fraction of sp³-hybridized carbons (Fsp3) is 0.125. The molecule has 0 amide bonds. The Kier molecular flexibility index (Phi) is 5.46. The van der Waals surface area contributed by atoms with Gasteiger partial charge in [-0.15, -0.1) is 0 Å². The summed E-state index contributed by atoms with van der Waals surface area (Å²) in [4.78, 5) is 0. The molecular formula is C24H21IN2Se. The number of aryl methyl sites for hydroxylation is 2. The van der Waals surface area contributed by atoms with Crippen molar-refractivity contribution >= 4 is 58.2 Å². The van der Waals surface area contributed by atoms with E-state index in [1.807, 2.05) is 0 Å². The van der Waals surface area contributed by atoms with Gasteiger partial charge < -0.3 is 24.0 Å². The first-order chi connectivity index (χ1) is 13.3. The Balaban J connectivity index is 0.00000192. The normalized spacial score (nSPS) is 11.6. The van der Waals surface area contributed by atoms with E-state index in [1.165, 1.54) is 41.7 Å². The molecule has 0 saturated heterocycles. The Labute approximate surface area is 187 Å². The van der Waals surface area contributed by atoms with E-state index in [0.717, 1.165) is 6.54 Å². The largest absolute Gasteiger partial charge is 1.00 e. The molecule has 5 rings (SSSR count). The van der Waals surface area contributed by atoms with Gasteiger partial charge in [0, 0.05) is 0 Å². The van der Waals surface area contributed by atoms with E-state index in [0.29, 0.717) is 14.5 Å². The molecule has 5 aromatic rings. The standard InChI is InChI=1S/C24H21N2Se.HI/c1-3-26-20-9-5-4-8-18(20)19-16-17(12-14-21(19)26)13-15-24-25(2)22-10-6-7-11-23(22)27-24;/h4-16H,3H2,1-2H3;1H/q+1;/p-1. The van der Waals surface area contributed by atoms with Gasteiger partial charge in [0.25, 0.3) is 0 Å². The molecule has 0 radical (unpaired) electrons. The first kappa shape index (κ1) is 19.4. The monoisotopic (exact) mass is 544 g/mol. The van der Waals surface area contributed by atoms with Gasteiger partial charge in [-0.1, -0.05) is 0 Å². The zero-order valence-electron chi connectivity index (χ0n) is 15.9. The summed E-state index contributed by atoms with van der Waals surface area (Å²) in [5, 5.41) is 2.68. The third kappa shape index (κ3) is 3.14.